The van der Waals surface area contributed by atoms with Crippen molar-refractivity contribution in [2.24, 2.45) is 5.41 Å². The number of rotatable bonds is 22. The zero-order valence-corrected chi connectivity index (χ0v) is 33.9. The predicted molar refractivity (Wildman–Crippen MR) is 211 cm³/mol. The molecule has 3 rings (SSSR count). The largest absolute Gasteiger partial charge is 0.427 e. The van der Waals surface area contributed by atoms with Crippen LogP contribution in [0, 0.1) is 19.3 Å². The molecule has 0 aliphatic rings. The molecule has 0 saturated heterocycles. The van der Waals surface area contributed by atoms with E-state index in [1.807, 2.05) is 16.9 Å². The van der Waals surface area contributed by atoms with Gasteiger partial charge in [0.25, 0.3) is 5.91 Å². The third-order valence-electron chi connectivity index (χ3n) is 9.18. The van der Waals surface area contributed by atoms with Crippen molar-refractivity contribution >= 4 is 44.5 Å². The van der Waals surface area contributed by atoms with Crippen LogP contribution < -0.4 is 4.72 Å². The lowest BCUT2D eigenvalue weighted by atomic mass is 9.98. The molecule has 2 N–H and O–H groups in total. The van der Waals surface area contributed by atoms with Crippen LogP contribution in [0.1, 0.15) is 88.0 Å². The first-order chi connectivity index (χ1) is 25.9. The number of aliphatic hydroxyl groups excluding tert-OH is 1. The van der Waals surface area contributed by atoms with Gasteiger partial charge < -0.3 is 24.2 Å². The average molecular weight is 783 g/mol. The van der Waals surface area contributed by atoms with Crippen molar-refractivity contribution in [3.8, 4) is 0 Å². The number of amides is 2. The van der Waals surface area contributed by atoms with Crippen molar-refractivity contribution in [2.45, 2.75) is 105 Å². The molecule has 0 bridgehead atoms. The van der Waals surface area contributed by atoms with Gasteiger partial charge in [0.2, 0.25) is 22.7 Å². The number of aryl methyl sites for hydroxylation is 4. The first kappa shape index (κ1) is 45.1. The van der Waals surface area contributed by atoms with Gasteiger partial charge in [-0.2, -0.15) is 0 Å². The minimum absolute atomic E-state index is 0.0425. The highest BCUT2D eigenvalue weighted by Gasteiger charge is 2.37. The molecule has 3 aromatic rings. The summed E-state index contributed by atoms with van der Waals surface area (Å²) in [4.78, 5) is 53.0. The maximum absolute atomic E-state index is 14.1. The van der Waals surface area contributed by atoms with Crippen LogP contribution in [0.15, 0.2) is 60.7 Å². The Morgan fingerprint density at radius 1 is 0.782 bits per heavy atom. The van der Waals surface area contributed by atoms with E-state index in [2.05, 4.69) is 62.4 Å². The maximum Gasteiger partial charge on any atom is 0.341 e. The molecule has 0 fully saturated rings. The first-order valence-corrected chi connectivity index (χ1v) is 20.8. The SMILES string of the molecule is Cc1ccc(CCCCCO[C@@H](C(=O)N(CCCCCc2ccc3ccccc3c2)CCC(=O)NS(C)(=O)=O)[C@@H](O)C(=O)OCOC(=O)C(C)(C)C)cc1C. The molecule has 302 valence electrons. The van der Waals surface area contributed by atoms with Gasteiger partial charge in [-0.05, 0) is 106 Å². The Bertz CT molecular complexity index is 1850. The second-order valence-electron chi connectivity index (χ2n) is 15.1. The first-order valence-electron chi connectivity index (χ1n) is 18.9. The third-order valence-corrected chi connectivity index (χ3v) is 9.78. The molecule has 12 nitrogen and oxygen atoms in total. The van der Waals surface area contributed by atoms with Crippen molar-refractivity contribution in [2.75, 3.05) is 32.7 Å². The summed E-state index contributed by atoms with van der Waals surface area (Å²) in [5.41, 5.74) is 3.99. The summed E-state index contributed by atoms with van der Waals surface area (Å²) in [7, 11) is -3.83. The van der Waals surface area contributed by atoms with Gasteiger partial charge in [0.1, 0.15) is 0 Å². The number of unbranched alkanes of at least 4 members (excludes halogenated alkanes) is 4. The fourth-order valence-electron chi connectivity index (χ4n) is 5.85. The number of esters is 2. The van der Waals surface area contributed by atoms with E-state index in [4.69, 9.17) is 14.2 Å². The van der Waals surface area contributed by atoms with E-state index >= 15 is 0 Å². The number of carbonyl (C=O) groups is 4. The van der Waals surface area contributed by atoms with Gasteiger partial charge in [-0.3, -0.25) is 19.1 Å². The lowest BCUT2D eigenvalue weighted by Crippen LogP contribution is -2.51. The maximum atomic E-state index is 14.1. The summed E-state index contributed by atoms with van der Waals surface area (Å²) >= 11 is 0. The van der Waals surface area contributed by atoms with Crippen LogP contribution in [0.5, 0.6) is 0 Å². The van der Waals surface area contributed by atoms with Crippen LogP contribution in [0.25, 0.3) is 10.8 Å². The zero-order chi connectivity index (χ0) is 40.6. The topological polar surface area (TPSA) is 166 Å². The van der Waals surface area contributed by atoms with E-state index in [-0.39, 0.29) is 26.1 Å². The highest BCUT2D eigenvalue weighted by molar-refractivity contribution is 7.89. The number of ether oxygens (including phenoxy) is 3. The Labute approximate surface area is 326 Å². The highest BCUT2D eigenvalue weighted by Crippen LogP contribution is 2.19. The molecule has 3 aromatic carbocycles. The van der Waals surface area contributed by atoms with Crippen molar-refractivity contribution in [3.05, 3.63) is 82.9 Å². The summed E-state index contributed by atoms with van der Waals surface area (Å²) in [6.45, 7) is 8.27. The summed E-state index contributed by atoms with van der Waals surface area (Å²) < 4.78 is 41.1. The normalized spacial score (nSPS) is 12.9. The monoisotopic (exact) mass is 782 g/mol. The van der Waals surface area contributed by atoms with Gasteiger partial charge in [0.05, 0.1) is 11.7 Å². The molecule has 0 saturated carbocycles. The number of hydrogen-bond acceptors (Lipinski definition) is 10. The molecule has 0 aliphatic carbocycles. The number of sulfonamides is 1. The van der Waals surface area contributed by atoms with Crippen molar-refractivity contribution in [1.29, 1.82) is 0 Å². The van der Waals surface area contributed by atoms with Gasteiger partial charge in [-0.15, -0.1) is 0 Å². The van der Waals surface area contributed by atoms with Crippen LogP contribution in [-0.4, -0.2) is 87.1 Å². The lowest BCUT2D eigenvalue weighted by molar-refractivity contribution is -0.186. The zero-order valence-electron chi connectivity index (χ0n) is 33.1. The van der Waals surface area contributed by atoms with Gasteiger partial charge in [0.15, 0.2) is 12.2 Å². The number of aliphatic hydroxyl groups is 1. The summed E-state index contributed by atoms with van der Waals surface area (Å²) in [6.07, 6.45) is 2.63. The van der Waals surface area contributed by atoms with E-state index in [0.717, 1.165) is 55.6 Å². The number of hydrogen-bond donors (Lipinski definition) is 2. The number of fused-ring (bicyclic) bond motifs is 1. The van der Waals surface area contributed by atoms with Crippen LogP contribution in [-0.2, 0) is 56.3 Å². The standard InChI is InChI=1S/C42H58N2O10S/c1-30-19-20-32(27-31(30)2)15-10-8-14-26-52-38(37(46)40(48)53-29-54-41(49)42(3,4)5)39(47)44(25-23-36(45)43-55(6,50)51)24-13-7-9-16-33-21-22-34-17-11-12-18-35(34)28-33/h11-12,17-22,27-28,37-38,46H,7-10,13-16,23-26,29H2,1-6H3,(H,43,45)/t37-,38-/m1/s1. The van der Waals surface area contributed by atoms with E-state index < -0.39 is 58.2 Å². The molecule has 0 aliphatic heterocycles. The summed E-state index contributed by atoms with van der Waals surface area (Å²) in [6, 6.07) is 20.8. The number of nitrogens with one attached hydrogen (secondary N) is 1. The summed E-state index contributed by atoms with van der Waals surface area (Å²) in [5.74, 6) is -3.41. The van der Waals surface area contributed by atoms with Crippen LogP contribution >= 0.6 is 0 Å². The van der Waals surface area contributed by atoms with Gasteiger partial charge in [-0.1, -0.05) is 73.5 Å². The van der Waals surface area contributed by atoms with Crippen molar-refractivity contribution < 1.29 is 46.9 Å². The molecule has 0 aromatic heterocycles. The molecule has 0 radical (unpaired) electrons. The number of carbonyl (C=O) groups excluding carboxylic acids is 4. The Morgan fingerprint density at radius 2 is 1.42 bits per heavy atom. The smallest absolute Gasteiger partial charge is 0.341 e. The fraction of sp³-hybridized carbons (Fsp3) is 0.524. The molecule has 0 unspecified atom stereocenters. The van der Waals surface area contributed by atoms with Crippen LogP contribution in [0.4, 0.5) is 0 Å². The molecule has 2 atom stereocenters. The van der Waals surface area contributed by atoms with Crippen molar-refractivity contribution in [1.82, 2.24) is 9.62 Å². The Hall–Kier alpha value is -4.33. The molecule has 13 heteroatoms. The molecule has 0 heterocycles. The Kier molecular flexibility index (Phi) is 17.8. The number of benzene rings is 3. The molecule has 55 heavy (non-hydrogen) atoms. The van der Waals surface area contributed by atoms with Gasteiger partial charge in [-0.25, -0.2) is 13.2 Å². The van der Waals surface area contributed by atoms with Gasteiger partial charge in [0, 0.05) is 26.1 Å². The lowest BCUT2D eigenvalue weighted by Gasteiger charge is -2.29. The van der Waals surface area contributed by atoms with E-state index in [1.165, 1.54) is 27.2 Å². The van der Waals surface area contributed by atoms with E-state index in [0.29, 0.717) is 12.8 Å². The Balaban J connectivity index is 1.68. The second kappa shape index (κ2) is 21.7. The molecular formula is C42H58N2O10S. The van der Waals surface area contributed by atoms with Gasteiger partial charge >= 0.3 is 11.9 Å². The van der Waals surface area contributed by atoms with Crippen LogP contribution in [0.2, 0.25) is 0 Å². The van der Waals surface area contributed by atoms with Crippen LogP contribution in [0.3, 0.4) is 0 Å². The Morgan fingerprint density at radius 3 is 2.07 bits per heavy atom. The van der Waals surface area contributed by atoms with Crippen molar-refractivity contribution in [3.63, 3.8) is 0 Å². The average Bonchev–Trinajstić information content (AvgIpc) is 3.12. The van der Waals surface area contributed by atoms with E-state index in [9.17, 15) is 32.7 Å². The number of nitrogens with zero attached hydrogens (tertiary/aromatic N) is 1. The predicted octanol–water partition coefficient (Wildman–Crippen LogP) is 5.71. The fourth-order valence-corrected chi connectivity index (χ4v) is 6.37. The minimum atomic E-state index is -3.83. The van der Waals surface area contributed by atoms with E-state index in [1.54, 1.807) is 20.8 Å². The quantitative estimate of drug-likeness (QED) is 0.0733. The molecule has 2 amide bonds. The highest BCUT2D eigenvalue weighted by atomic mass is 32.2. The summed E-state index contributed by atoms with van der Waals surface area (Å²) in [5, 5.41) is 13.4. The molecule has 0 spiro atoms. The molecular weight excluding hydrogens is 725 g/mol. The minimum Gasteiger partial charge on any atom is -0.427 e. The second-order valence-corrected chi connectivity index (χ2v) is 16.8. The third kappa shape index (κ3) is 16.1.